The van der Waals surface area contributed by atoms with Crippen molar-refractivity contribution in [2.24, 2.45) is 5.92 Å². The van der Waals surface area contributed by atoms with Gasteiger partial charge in [-0.1, -0.05) is 44.2 Å². The van der Waals surface area contributed by atoms with E-state index in [4.69, 9.17) is 0 Å². The van der Waals surface area contributed by atoms with Gasteiger partial charge in [0.05, 0.1) is 11.6 Å². The molecule has 5 nitrogen and oxygen atoms in total. The van der Waals surface area contributed by atoms with Gasteiger partial charge in [-0.05, 0) is 19.7 Å². The Hall–Kier alpha value is -2.14. The number of Topliss-reactive ketones (excluding diaryl/α,β-unsaturated/α-hetero) is 1. The van der Waals surface area contributed by atoms with Crippen molar-refractivity contribution in [3.05, 3.63) is 47.2 Å². The number of hydrogen-bond donors (Lipinski definition) is 1. The zero-order valence-corrected chi connectivity index (χ0v) is 14.1. The highest BCUT2D eigenvalue weighted by molar-refractivity contribution is 6.09. The van der Waals surface area contributed by atoms with E-state index in [1.165, 1.54) is 0 Å². The average Bonchev–Trinajstić information content (AvgIpc) is 2.77. The van der Waals surface area contributed by atoms with Crippen LogP contribution in [-0.4, -0.2) is 53.8 Å². The topological polar surface area (TPSA) is 60.9 Å². The second-order valence-electron chi connectivity index (χ2n) is 6.40. The zero-order valence-electron chi connectivity index (χ0n) is 14.1. The van der Waals surface area contributed by atoms with Gasteiger partial charge in [-0.25, -0.2) is 0 Å². The van der Waals surface area contributed by atoms with Crippen LogP contribution in [0.3, 0.4) is 0 Å². The lowest BCUT2D eigenvalue weighted by Gasteiger charge is -2.28. The van der Waals surface area contributed by atoms with Crippen LogP contribution in [0.5, 0.6) is 0 Å². The van der Waals surface area contributed by atoms with Crippen molar-refractivity contribution < 1.29 is 14.7 Å². The Kier molecular flexibility index (Phi) is 5.21. The first-order valence-corrected chi connectivity index (χ1v) is 7.82. The van der Waals surface area contributed by atoms with Crippen LogP contribution in [0.25, 0.3) is 0 Å². The van der Waals surface area contributed by atoms with Gasteiger partial charge in [0, 0.05) is 19.0 Å². The second-order valence-corrected chi connectivity index (χ2v) is 6.40. The number of benzene rings is 1. The Balaban J connectivity index is 2.46. The number of amides is 1. The van der Waals surface area contributed by atoms with E-state index in [2.05, 4.69) is 0 Å². The molecule has 1 aliphatic rings. The van der Waals surface area contributed by atoms with Crippen LogP contribution in [-0.2, 0) is 9.59 Å². The molecule has 1 aromatic rings. The molecule has 1 aromatic carbocycles. The van der Waals surface area contributed by atoms with Gasteiger partial charge < -0.3 is 14.9 Å². The summed E-state index contributed by atoms with van der Waals surface area (Å²) in [7, 11) is 3.84. The third-order valence-electron chi connectivity index (χ3n) is 4.00. The summed E-state index contributed by atoms with van der Waals surface area (Å²) in [5.74, 6) is -1.34. The van der Waals surface area contributed by atoms with Gasteiger partial charge in [-0.2, -0.15) is 0 Å². The lowest BCUT2D eigenvalue weighted by atomic mass is 9.91. The number of ketones is 1. The smallest absolute Gasteiger partial charge is 0.290 e. The molecule has 0 fully saturated rings. The molecule has 0 saturated carbocycles. The minimum absolute atomic E-state index is 0.183. The summed E-state index contributed by atoms with van der Waals surface area (Å²) < 4.78 is 0. The minimum Gasteiger partial charge on any atom is -0.503 e. The Labute approximate surface area is 137 Å². The number of rotatable bonds is 6. The summed E-state index contributed by atoms with van der Waals surface area (Å²) in [5, 5.41) is 10.3. The van der Waals surface area contributed by atoms with Gasteiger partial charge in [0.1, 0.15) is 0 Å². The third-order valence-corrected chi connectivity index (χ3v) is 4.00. The highest BCUT2D eigenvalue weighted by Gasteiger charge is 2.43. The first-order chi connectivity index (χ1) is 10.8. The molecule has 1 N–H and O–H groups in total. The summed E-state index contributed by atoms with van der Waals surface area (Å²) in [5.41, 5.74) is 1.06. The highest BCUT2D eigenvalue weighted by atomic mass is 16.3. The van der Waals surface area contributed by atoms with Gasteiger partial charge in [0.15, 0.2) is 11.5 Å². The van der Waals surface area contributed by atoms with Crippen LogP contribution in [0.15, 0.2) is 41.7 Å². The summed E-state index contributed by atoms with van der Waals surface area (Å²) in [6, 6.07) is 8.88. The second kappa shape index (κ2) is 6.96. The molecular formula is C18H24N2O3. The molecule has 0 bridgehead atoms. The lowest BCUT2D eigenvalue weighted by Crippen LogP contribution is -2.36. The molecule has 1 heterocycles. The van der Waals surface area contributed by atoms with Gasteiger partial charge in [0.25, 0.3) is 5.91 Å². The van der Waals surface area contributed by atoms with Gasteiger partial charge in [-0.15, -0.1) is 0 Å². The predicted octanol–water partition coefficient (Wildman–Crippen LogP) is 2.17. The van der Waals surface area contributed by atoms with Crippen molar-refractivity contribution in [3.63, 3.8) is 0 Å². The number of aliphatic hydroxyl groups excluding tert-OH is 1. The fourth-order valence-electron chi connectivity index (χ4n) is 2.74. The molecule has 0 spiro atoms. The molecule has 5 heteroatoms. The van der Waals surface area contributed by atoms with Crippen molar-refractivity contribution in [1.29, 1.82) is 0 Å². The maximum atomic E-state index is 12.6. The Bertz CT molecular complexity index is 620. The molecule has 0 saturated heterocycles. The number of nitrogens with zero attached hydrogens (tertiary/aromatic N) is 2. The SMILES string of the molecule is CC(C)C(=O)C1=C(O)C(=O)N(CCN(C)C)C1c1ccccc1. The van der Waals surface area contributed by atoms with E-state index in [-0.39, 0.29) is 17.3 Å². The molecule has 1 amide bonds. The lowest BCUT2D eigenvalue weighted by molar-refractivity contribution is -0.129. The first kappa shape index (κ1) is 17.2. The summed E-state index contributed by atoms with van der Waals surface area (Å²) in [6.45, 7) is 4.66. The molecule has 0 aliphatic carbocycles. The quantitative estimate of drug-likeness (QED) is 0.874. The molecule has 1 atom stereocenters. The third kappa shape index (κ3) is 3.45. The van der Waals surface area contributed by atoms with Crippen LogP contribution in [0.2, 0.25) is 0 Å². The highest BCUT2D eigenvalue weighted by Crippen LogP contribution is 2.38. The normalized spacial score (nSPS) is 18.4. The molecule has 1 unspecified atom stereocenters. The van der Waals surface area contributed by atoms with Gasteiger partial charge in [-0.3, -0.25) is 9.59 Å². The number of likely N-dealkylation sites (N-methyl/N-ethyl adjacent to an activating group) is 1. The van der Waals surface area contributed by atoms with Crippen molar-refractivity contribution in [1.82, 2.24) is 9.80 Å². The van der Waals surface area contributed by atoms with E-state index >= 15 is 0 Å². The van der Waals surface area contributed by atoms with E-state index in [9.17, 15) is 14.7 Å². The molecule has 23 heavy (non-hydrogen) atoms. The van der Waals surface area contributed by atoms with E-state index in [1.54, 1.807) is 18.7 Å². The Morgan fingerprint density at radius 2 is 1.87 bits per heavy atom. The number of aliphatic hydroxyl groups is 1. The molecular weight excluding hydrogens is 292 g/mol. The fourth-order valence-corrected chi connectivity index (χ4v) is 2.74. The standard InChI is InChI=1S/C18H24N2O3/c1-12(2)16(21)14-15(13-8-6-5-7-9-13)20(11-10-19(3)4)18(23)17(14)22/h5-9,12,15,22H,10-11H2,1-4H3. The van der Waals surface area contributed by atoms with Crippen LogP contribution in [0.1, 0.15) is 25.5 Å². The Morgan fingerprint density at radius 1 is 1.26 bits per heavy atom. The fraction of sp³-hybridized carbons (Fsp3) is 0.444. The number of hydrogen-bond acceptors (Lipinski definition) is 4. The Morgan fingerprint density at radius 3 is 2.39 bits per heavy atom. The summed E-state index contributed by atoms with van der Waals surface area (Å²) in [4.78, 5) is 28.6. The van der Waals surface area contributed by atoms with Crippen molar-refractivity contribution in [2.75, 3.05) is 27.2 Å². The largest absolute Gasteiger partial charge is 0.503 e. The van der Waals surface area contributed by atoms with E-state index < -0.39 is 17.7 Å². The molecule has 0 radical (unpaired) electrons. The molecule has 0 aromatic heterocycles. The van der Waals surface area contributed by atoms with Crippen LogP contribution < -0.4 is 0 Å². The van der Waals surface area contributed by atoms with Crippen LogP contribution in [0, 0.1) is 5.92 Å². The van der Waals surface area contributed by atoms with E-state index in [0.29, 0.717) is 13.1 Å². The maximum absolute atomic E-state index is 12.6. The maximum Gasteiger partial charge on any atom is 0.290 e. The average molecular weight is 316 g/mol. The van der Waals surface area contributed by atoms with E-state index in [0.717, 1.165) is 5.56 Å². The number of carbonyl (C=O) groups is 2. The predicted molar refractivity (Wildman–Crippen MR) is 88.9 cm³/mol. The number of carbonyl (C=O) groups excluding carboxylic acids is 2. The summed E-state index contributed by atoms with van der Waals surface area (Å²) >= 11 is 0. The monoisotopic (exact) mass is 316 g/mol. The molecule has 2 rings (SSSR count). The van der Waals surface area contributed by atoms with Crippen LogP contribution >= 0.6 is 0 Å². The molecule has 124 valence electrons. The van der Waals surface area contributed by atoms with E-state index in [1.807, 2.05) is 49.3 Å². The van der Waals surface area contributed by atoms with Crippen molar-refractivity contribution >= 4 is 11.7 Å². The van der Waals surface area contributed by atoms with Gasteiger partial charge >= 0.3 is 0 Å². The van der Waals surface area contributed by atoms with Crippen LogP contribution in [0.4, 0.5) is 0 Å². The molecule has 1 aliphatic heterocycles. The van der Waals surface area contributed by atoms with Crippen molar-refractivity contribution in [2.45, 2.75) is 19.9 Å². The zero-order chi connectivity index (χ0) is 17.1. The van der Waals surface area contributed by atoms with Crippen molar-refractivity contribution in [3.8, 4) is 0 Å². The first-order valence-electron chi connectivity index (χ1n) is 7.82. The minimum atomic E-state index is -0.515. The summed E-state index contributed by atoms with van der Waals surface area (Å²) in [6.07, 6.45) is 0. The van der Waals surface area contributed by atoms with Gasteiger partial charge in [0.2, 0.25) is 0 Å².